The van der Waals surface area contributed by atoms with E-state index in [0.717, 1.165) is 0 Å². The molecular weight excluding hydrogens is 403 g/mol. The number of aliphatic hydroxyl groups excluding tert-OH is 1. The Hall–Kier alpha value is -1.86. The molecule has 0 aliphatic heterocycles. The molecule has 0 unspecified atom stereocenters. The van der Waals surface area contributed by atoms with E-state index in [1.54, 1.807) is 19.9 Å². The minimum atomic E-state index is -2.02. The molecule has 4 rings (SSSR count). The van der Waals surface area contributed by atoms with Gasteiger partial charge in [0.2, 0.25) is 5.78 Å². The molecule has 8 atom stereocenters. The Balaban J connectivity index is 1.75. The van der Waals surface area contributed by atoms with Crippen molar-refractivity contribution in [3.63, 3.8) is 0 Å². The van der Waals surface area contributed by atoms with Crippen LogP contribution < -0.4 is 0 Å². The maximum absolute atomic E-state index is 17.1. The molecule has 6 nitrogen and oxygen atoms in total. The zero-order chi connectivity index (χ0) is 23.0. The summed E-state index contributed by atoms with van der Waals surface area (Å²) in [6.45, 7) is 6.10. The van der Waals surface area contributed by atoms with Crippen molar-refractivity contribution in [1.82, 2.24) is 0 Å². The number of allylic oxidation sites excluding steroid dienone is 4. The summed E-state index contributed by atoms with van der Waals surface area (Å²) in [6, 6.07) is 0. The predicted molar refractivity (Wildman–Crippen MR) is 109 cm³/mol. The first-order valence-electron chi connectivity index (χ1n) is 11.0. The predicted octanol–water partition coefficient (Wildman–Crippen LogP) is 2.47. The molecule has 4 aliphatic rings. The van der Waals surface area contributed by atoms with Crippen LogP contribution in [0.3, 0.4) is 0 Å². The van der Waals surface area contributed by atoms with Gasteiger partial charge in [-0.3, -0.25) is 14.4 Å². The molecule has 7 heteroatoms. The standard InChI is InChI=1S/C24H31FO6/c1-13-9-18-16-6-8-23(30,20(29)12-31-14(2)26)22(16,4)11-19(28)24(18,25)21(3)7-5-15(27)10-17(13)21/h5,7,10,13,16,18-19,28,30H,6,8-9,11-12H2,1-4H3/t13-,16+,18-,19+,21-,22-,23-,24-/m0/s1. The largest absolute Gasteiger partial charge is 0.458 e. The smallest absolute Gasteiger partial charge is 0.303 e. The molecule has 170 valence electrons. The van der Waals surface area contributed by atoms with Gasteiger partial charge in [-0.05, 0) is 56.6 Å². The molecule has 3 saturated carbocycles. The molecule has 0 spiro atoms. The molecule has 0 saturated heterocycles. The number of esters is 1. The van der Waals surface area contributed by atoms with E-state index < -0.39 is 52.5 Å². The Labute approximate surface area is 181 Å². The quantitative estimate of drug-likeness (QED) is 0.662. The molecule has 0 bridgehead atoms. The zero-order valence-electron chi connectivity index (χ0n) is 18.5. The van der Waals surface area contributed by atoms with E-state index in [1.807, 2.05) is 6.92 Å². The maximum Gasteiger partial charge on any atom is 0.303 e. The Kier molecular flexibility index (Phi) is 4.91. The Bertz CT molecular complexity index is 910. The first kappa shape index (κ1) is 22.3. The number of rotatable bonds is 3. The first-order chi connectivity index (χ1) is 14.3. The number of halogens is 1. The van der Waals surface area contributed by atoms with E-state index in [1.165, 1.54) is 19.1 Å². The Morgan fingerprint density at radius 3 is 2.61 bits per heavy atom. The van der Waals surface area contributed by atoms with Crippen molar-refractivity contribution in [3.8, 4) is 0 Å². The molecule has 4 aliphatic carbocycles. The molecule has 2 N–H and O–H groups in total. The van der Waals surface area contributed by atoms with E-state index in [0.29, 0.717) is 18.4 Å². The summed E-state index contributed by atoms with van der Waals surface area (Å²) in [6.07, 6.45) is 3.93. The van der Waals surface area contributed by atoms with Gasteiger partial charge in [0.1, 0.15) is 5.60 Å². The third-order valence-corrected chi connectivity index (χ3v) is 8.99. The van der Waals surface area contributed by atoms with Crippen molar-refractivity contribution in [2.24, 2.45) is 28.6 Å². The highest BCUT2D eigenvalue weighted by molar-refractivity contribution is 6.01. The van der Waals surface area contributed by atoms with E-state index in [2.05, 4.69) is 0 Å². The third-order valence-electron chi connectivity index (χ3n) is 8.99. The summed E-state index contributed by atoms with van der Waals surface area (Å²) in [5, 5.41) is 22.7. The van der Waals surface area contributed by atoms with Crippen molar-refractivity contribution in [3.05, 3.63) is 23.8 Å². The lowest BCUT2D eigenvalue weighted by Gasteiger charge is -2.63. The fourth-order valence-corrected chi connectivity index (χ4v) is 7.35. The number of aliphatic hydroxyl groups is 2. The maximum atomic E-state index is 17.1. The van der Waals surface area contributed by atoms with Crippen molar-refractivity contribution in [2.75, 3.05) is 6.61 Å². The summed E-state index contributed by atoms with van der Waals surface area (Å²) in [5.41, 5.74) is -5.30. The van der Waals surface area contributed by atoms with Gasteiger partial charge in [-0.1, -0.05) is 25.5 Å². The van der Waals surface area contributed by atoms with Crippen molar-refractivity contribution in [1.29, 1.82) is 0 Å². The highest BCUT2D eigenvalue weighted by Crippen LogP contribution is 2.70. The molecule has 0 aromatic carbocycles. The third kappa shape index (κ3) is 2.72. The molecule has 3 fully saturated rings. The average molecular weight is 435 g/mol. The second kappa shape index (κ2) is 6.82. The minimum absolute atomic E-state index is 0.0761. The van der Waals surface area contributed by atoms with Crippen LogP contribution >= 0.6 is 0 Å². The number of Topliss-reactive ketones (excluding diaryl/α,β-unsaturated/α-hetero) is 1. The number of carbonyl (C=O) groups is 3. The van der Waals surface area contributed by atoms with Gasteiger partial charge in [0.15, 0.2) is 18.1 Å². The number of alkyl halides is 1. The topological polar surface area (TPSA) is 101 Å². The van der Waals surface area contributed by atoms with Crippen LogP contribution in [0.5, 0.6) is 0 Å². The van der Waals surface area contributed by atoms with E-state index >= 15 is 4.39 Å². The lowest BCUT2D eigenvalue weighted by molar-refractivity contribution is -0.221. The molecule has 0 amide bonds. The summed E-state index contributed by atoms with van der Waals surface area (Å²) >= 11 is 0. The second-order valence-electron chi connectivity index (χ2n) is 10.4. The molecule has 0 aromatic rings. The Morgan fingerprint density at radius 1 is 1.29 bits per heavy atom. The van der Waals surface area contributed by atoms with Crippen LogP contribution in [-0.2, 0) is 19.1 Å². The lowest BCUT2D eigenvalue weighted by Crippen LogP contribution is -2.70. The van der Waals surface area contributed by atoms with Crippen LogP contribution in [0.25, 0.3) is 0 Å². The van der Waals surface area contributed by atoms with Crippen LogP contribution in [0.1, 0.15) is 53.4 Å². The monoisotopic (exact) mass is 434 g/mol. The molecule has 0 radical (unpaired) electrons. The van der Waals surface area contributed by atoms with Gasteiger partial charge in [0.05, 0.1) is 6.10 Å². The average Bonchev–Trinajstić information content (AvgIpc) is 2.96. The minimum Gasteiger partial charge on any atom is -0.458 e. The zero-order valence-corrected chi connectivity index (χ0v) is 18.5. The summed E-state index contributed by atoms with van der Waals surface area (Å²) in [4.78, 5) is 36.1. The van der Waals surface area contributed by atoms with E-state index in [9.17, 15) is 24.6 Å². The number of fused-ring (bicyclic) bond motifs is 5. The number of ketones is 2. The van der Waals surface area contributed by atoms with Crippen LogP contribution in [-0.4, -0.2) is 51.7 Å². The number of hydrogen-bond donors (Lipinski definition) is 2. The summed E-state index contributed by atoms with van der Waals surface area (Å²) in [5.74, 6) is -2.40. The van der Waals surface area contributed by atoms with Crippen LogP contribution in [0.4, 0.5) is 4.39 Å². The highest BCUT2D eigenvalue weighted by atomic mass is 19.1. The normalized spacial score (nSPS) is 48.4. The molecule has 31 heavy (non-hydrogen) atoms. The van der Waals surface area contributed by atoms with Gasteiger partial charge in [-0.25, -0.2) is 4.39 Å². The van der Waals surface area contributed by atoms with E-state index in [4.69, 9.17) is 4.74 Å². The molecule has 0 heterocycles. The van der Waals surface area contributed by atoms with Gasteiger partial charge >= 0.3 is 5.97 Å². The fraction of sp³-hybridized carbons (Fsp3) is 0.708. The van der Waals surface area contributed by atoms with Gasteiger partial charge in [0, 0.05) is 23.7 Å². The van der Waals surface area contributed by atoms with Crippen molar-refractivity contribution >= 4 is 17.5 Å². The van der Waals surface area contributed by atoms with Crippen molar-refractivity contribution < 1.29 is 33.7 Å². The van der Waals surface area contributed by atoms with Gasteiger partial charge in [-0.2, -0.15) is 0 Å². The van der Waals surface area contributed by atoms with Gasteiger partial charge in [0.25, 0.3) is 0 Å². The second-order valence-corrected chi connectivity index (χ2v) is 10.4. The van der Waals surface area contributed by atoms with Crippen LogP contribution in [0.15, 0.2) is 23.8 Å². The molecular formula is C24H31FO6. The van der Waals surface area contributed by atoms with E-state index in [-0.39, 0.29) is 30.5 Å². The number of carbonyl (C=O) groups excluding carboxylic acids is 3. The van der Waals surface area contributed by atoms with Gasteiger partial charge in [-0.15, -0.1) is 0 Å². The van der Waals surface area contributed by atoms with Crippen LogP contribution in [0.2, 0.25) is 0 Å². The Morgan fingerprint density at radius 2 is 1.97 bits per heavy atom. The fourth-order valence-electron chi connectivity index (χ4n) is 7.35. The van der Waals surface area contributed by atoms with Crippen LogP contribution in [0, 0.1) is 28.6 Å². The molecule has 0 aromatic heterocycles. The number of ether oxygens (including phenoxy) is 1. The SMILES string of the molecule is CC(=O)OCC(=O)[C@@]1(O)CC[C@@H]2[C@@H]3C[C@H](C)C4=CC(=O)C=C[C@]4(C)[C@@]3(F)[C@H](O)C[C@@]21C. The van der Waals surface area contributed by atoms with Gasteiger partial charge < -0.3 is 14.9 Å². The first-order valence-corrected chi connectivity index (χ1v) is 11.0. The van der Waals surface area contributed by atoms with Crippen molar-refractivity contribution in [2.45, 2.75) is 70.8 Å². The summed E-state index contributed by atoms with van der Waals surface area (Å²) < 4.78 is 21.9. The highest BCUT2D eigenvalue weighted by Gasteiger charge is 2.74. The summed E-state index contributed by atoms with van der Waals surface area (Å²) in [7, 11) is 0. The number of hydrogen-bond acceptors (Lipinski definition) is 6. The lowest BCUT2D eigenvalue weighted by atomic mass is 9.43.